The standard InChI is InChI=1S/C9H18O3.C7H15NO2/c10-12-11-8-4-7-9-5-2-1-3-6-9;1-7(2,3)10-6(9)8(4)5/h9-10H,1-8H2;1-5H3. The van der Waals surface area contributed by atoms with E-state index in [4.69, 9.17) is 9.99 Å². The fourth-order valence-corrected chi connectivity index (χ4v) is 2.30. The molecule has 0 bridgehead atoms. The topological polar surface area (TPSA) is 68.2 Å². The van der Waals surface area contributed by atoms with E-state index in [0.717, 1.165) is 12.3 Å². The Bertz CT molecular complexity index is 283. The second-order valence-electron chi connectivity index (χ2n) is 6.92. The molecule has 22 heavy (non-hydrogen) atoms. The molecule has 1 N–H and O–H groups in total. The van der Waals surface area contributed by atoms with Gasteiger partial charge in [0.2, 0.25) is 0 Å². The zero-order chi connectivity index (χ0) is 17.0. The van der Waals surface area contributed by atoms with E-state index in [2.05, 4.69) is 9.93 Å². The van der Waals surface area contributed by atoms with Gasteiger partial charge in [0.05, 0.1) is 6.61 Å². The molecule has 0 aromatic heterocycles. The van der Waals surface area contributed by atoms with Gasteiger partial charge < -0.3 is 9.64 Å². The van der Waals surface area contributed by atoms with Crippen molar-refractivity contribution in [3.63, 3.8) is 0 Å². The van der Waals surface area contributed by atoms with Crippen molar-refractivity contribution in [2.75, 3.05) is 20.7 Å². The lowest BCUT2D eigenvalue weighted by atomic mass is 9.86. The quantitative estimate of drug-likeness (QED) is 0.466. The van der Waals surface area contributed by atoms with E-state index in [0.29, 0.717) is 6.61 Å². The molecule has 0 saturated heterocycles. The van der Waals surface area contributed by atoms with Crippen molar-refractivity contribution in [2.45, 2.75) is 71.3 Å². The average molecular weight is 319 g/mol. The highest BCUT2D eigenvalue weighted by Crippen LogP contribution is 2.27. The van der Waals surface area contributed by atoms with Crippen molar-refractivity contribution < 1.29 is 24.7 Å². The highest BCUT2D eigenvalue weighted by molar-refractivity contribution is 5.67. The third-order valence-electron chi connectivity index (χ3n) is 3.38. The molecule has 1 aliphatic rings. The minimum atomic E-state index is -0.388. The first-order valence-corrected chi connectivity index (χ1v) is 8.09. The smallest absolute Gasteiger partial charge is 0.409 e. The third-order valence-corrected chi connectivity index (χ3v) is 3.38. The molecule has 0 atom stereocenters. The summed E-state index contributed by atoms with van der Waals surface area (Å²) in [6.07, 6.45) is 8.85. The van der Waals surface area contributed by atoms with Crippen LogP contribution in [0.5, 0.6) is 0 Å². The number of amides is 1. The summed E-state index contributed by atoms with van der Waals surface area (Å²) in [5, 5.41) is 11.4. The maximum Gasteiger partial charge on any atom is 0.409 e. The van der Waals surface area contributed by atoms with E-state index >= 15 is 0 Å². The van der Waals surface area contributed by atoms with Crippen LogP contribution in [0.3, 0.4) is 0 Å². The zero-order valence-electron chi connectivity index (χ0n) is 14.8. The molecule has 1 amide bonds. The summed E-state index contributed by atoms with van der Waals surface area (Å²) in [5.74, 6) is 0.890. The minimum Gasteiger partial charge on any atom is -0.444 e. The Balaban J connectivity index is 0.000000409. The van der Waals surface area contributed by atoms with Crippen molar-refractivity contribution in [1.82, 2.24) is 4.90 Å². The maximum atomic E-state index is 10.9. The molecule has 132 valence electrons. The van der Waals surface area contributed by atoms with Gasteiger partial charge in [0.25, 0.3) is 0 Å². The van der Waals surface area contributed by atoms with Gasteiger partial charge in [-0.15, -0.1) is 0 Å². The SMILES string of the molecule is CN(C)C(=O)OC(C)(C)C.OOOCCCC1CCCCC1. The maximum absolute atomic E-state index is 10.9. The Morgan fingerprint density at radius 2 is 1.77 bits per heavy atom. The lowest BCUT2D eigenvalue weighted by molar-refractivity contribution is -0.490. The summed E-state index contributed by atoms with van der Waals surface area (Å²) in [4.78, 5) is 16.7. The van der Waals surface area contributed by atoms with Crippen LogP contribution in [-0.2, 0) is 14.7 Å². The molecule has 0 unspecified atom stereocenters. The van der Waals surface area contributed by atoms with Crippen molar-refractivity contribution in [1.29, 1.82) is 0 Å². The van der Waals surface area contributed by atoms with Gasteiger partial charge in [0.1, 0.15) is 5.60 Å². The molecule has 0 aromatic rings. The molecule has 1 aliphatic carbocycles. The Morgan fingerprint density at radius 1 is 1.18 bits per heavy atom. The molecule has 1 fully saturated rings. The van der Waals surface area contributed by atoms with Crippen molar-refractivity contribution in [2.24, 2.45) is 5.92 Å². The molecular weight excluding hydrogens is 286 g/mol. The van der Waals surface area contributed by atoms with E-state index in [9.17, 15) is 4.79 Å². The van der Waals surface area contributed by atoms with E-state index in [-0.39, 0.29) is 11.7 Å². The molecule has 1 rings (SSSR count). The summed E-state index contributed by atoms with van der Waals surface area (Å²) < 4.78 is 4.99. The summed E-state index contributed by atoms with van der Waals surface area (Å²) in [5.41, 5.74) is -0.388. The van der Waals surface area contributed by atoms with E-state index in [1.807, 2.05) is 20.8 Å². The van der Waals surface area contributed by atoms with Crippen LogP contribution in [0.25, 0.3) is 0 Å². The number of rotatable bonds is 5. The van der Waals surface area contributed by atoms with Crippen LogP contribution < -0.4 is 0 Å². The van der Waals surface area contributed by atoms with Gasteiger partial charge in [-0.1, -0.05) is 37.1 Å². The Hall–Kier alpha value is -0.850. The third kappa shape index (κ3) is 12.9. The van der Waals surface area contributed by atoms with Gasteiger partial charge in [-0.3, -0.25) is 0 Å². The van der Waals surface area contributed by atoms with Gasteiger partial charge in [-0.25, -0.2) is 14.9 Å². The van der Waals surface area contributed by atoms with E-state index in [1.54, 1.807) is 14.1 Å². The van der Waals surface area contributed by atoms with Crippen molar-refractivity contribution in [3.8, 4) is 0 Å². The number of carbonyl (C=O) groups excluding carboxylic acids is 1. The summed E-state index contributed by atoms with van der Waals surface area (Å²) in [6, 6.07) is 0. The second kappa shape index (κ2) is 11.7. The van der Waals surface area contributed by atoms with Crippen LogP contribution in [0.4, 0.5) is 4.79 Å². The summed E-state index contributed by atoms with van der Waals surface area (Å²) >= 11 is 0. The van der Waals surface area contributed by atoms with Gasteiger partial charge in [0.15, 0.2) is 0 Å². The minimum absolute atomic E-state index is 0.299. The Kier molecular flexibility index (Phi) is 11.2. The highest BCUT2D eigenvalue weighted by Gasteiger charge is 2.16. The molecule has 0 spiro atoms. The molecular formula is C16H33NO5. The van der Waals surface area contributed by atoms with Gasteiger partial charge in [0, 0.05) is 14.1 Å². The first kappa shape index (κ1) is 21.1. The van der Waals surface area contributed by atoms with Gasteiger partial charge in [-0.2, -0.15) is 0 Å². The van der Waals surface area contributed by atoms with Crippen LogP contribution >= 0.6 is 0 Å². The van der Waals surface area contributed by atoms with Crippen LogP contribution in [0, 0.1) is 5.92 Å². The second-order valence-corrected chi connectivity index (χ2v) is 6.92. The zero-order valence-corrected chi connectivity index (χ0v) is 14.8. The molecule has 6 heteroatoms. The normalized spacial score (nSPS) is 15.7. The fraction of sp³-hybridized carbons (Fsp3) is 0.938. The number of hydrogen-bond acceptors (Lipinski definition) is 5. The number of ether oxygens (including phenoxy) is 1. The average Bonchev–Trinajstić information content (AvgIpc) is 2.44. The Morgan fingerprint density at radius 3 is 2.18 bits per heavy atom. The largest absolute Gasteiger partial charge is 0.444 e. The van der Waals surface area contributed by atoms with Gasteiger partial charge >= 0.3 is 6.09 Å². The number of carbonyl (C=O) groups is 1. The molecule has 0 heterocycles. The number of hydrogen-bond donors (Lipinski definition) is 1. The summed E-state index contributed by atoms with van der Waals surface area (Å²) in [6.45, 7) is 6.03. The molecule has 0 aromatic carbocycles. The molecule has 1 saturated carbocycles. The Labute approximate surface area is 134 Å². The monoisotopic (exact) mass is 319 g/mol. The molecule has 0 aliphatic heterocycles. The first-order valence-electron chi connectivity index (χ1n) is 8.09. The van der Waals surface area contributed by atoms with Gasteiger partial charge in [-0.05, 0) is 39.5 Å². The first-order chi connectivity index (χ1) is 10.3. The predicted octanol–water partition coefficient (Wildman–Crippen LogP) is 4.25. The van der Waals surface area contributed by atoms with Crippen molar-refractivity contribution in [3.05, 3.63) is 0 Å². The van der Waals surface area contributed by atoms with Crippen molar-refractivity contribution >= 4 is 6.09 Å². The predicted molar refractivity (Wildman–Crippen MR) is 85.4 cm³/mol. The van der Waals surface area contributed by atoms with Crippen LogP contribution in [0.1, 0.15) is 65.7 Å². The molecule has 0 radical (unpaired) electrons. The van der Waals surface area contributed by atoms with Crippen LogP contribution in [0.15, 0.2) is 0 Å². The lowest BCUT2D eigenvalue weighted by Crippen LogP contribution is -2.31. The number of nitrogens with zero attached hydrogens (tertiary/aromatic N) is 1. The fourth-order valence-electron chi connectivity index (χ4n) is 2.30. The highest BCUT2D eigenvalue weighted by atomic mass is 17.5. The lowest BCUT2D eigenvalue weighted by Gasteiger charge is -2.22. The van der Waals surface area contributed by atoms with E-state index in [1.165, 1.54) is 43.4 Å². The van der Waals surface area contributed by atoms with E-state index < -0.39 is 0 Å². The van der Waals surface area contributed by atoms with Crippen LogP contribution in [0.2, 0.25) is 0 Å². The molecule has 6 nitrogen and oxygen atoms in total. The summed E-state index contributed by atoms with van der Waals surface area (Å²) in [7, 11) is 3.32. The van der Waals surface area contributed by atoms with Crippen LogP contribution in [-0.4, -0.2) is 42.6 Å².